The third-order valence-electron chi connectivity index (χ3n) is 6.18. The number of rotatable bonds is 10. The number of carbonyl (C=O) groups excluding carboxylic acids is 1. The molecule has 9 heteroatoms. The van der Waals surface area contributed by atoms with E-state index in [-0.39, 0.29) is 23.6 Å². The van der Waals surface area contributed by atoms with Crippen LogP contribution in [0.25, 0.3) is 10.8 Å². The van der Waals surface area contributed by atoms with E-state index in [1.807, 2.05) is 41.0 Å². The van der Waals surface area contributed by atoms with Crippen LogP contribution < -0.4 is 23.5 Å². The summed E-state index contributed by atoms with van der Waals surface area (Å²) in [6, 6.07) is 17.2. The predicted octanol–water partition coefficient (Wildman–Crippen LogP) is 4.54. The number of aromatic nitrogens is 1. The Morgan fingerprint density at radius 2 is 1.49 bits per heavy atom. The van der Waals surface area contributed by atoms with Gasteiger partial charge in [-0.25, -0.2) is 0 Å². The molecule has 0 amide bonds. The standard InChI is InChI=1S/C28H27N2O7/c1-34-25-10-9-18(14-26(25)35-2)13-23-21-16-28(37-4)27(36-3)15-19(21)11-12-29(23)17-24(31)20-7-5-6-8-22(20)30(32)33/h5-12,14-16H,13,17H2,1-4H3/q+1. The molecule has 1 aromatic heterocycles. The van der Waals surface area contributed by atoms with Gasteiger partial charge in [-0.05, 0) is 41.3 Å². The second kappa shape index (κ2) is 10.9. The van der Waals surface area contributed by atoms with Gasteiger partial charge in [-0.3, -0.25) is 14.9 Å². The van der Waals surface area contributed by atoms with E-state index in [0.717, 1.165) is 22.0 Å². The monoisotopic (exact) mass is 503 g/mol. The molecular formula is C28H27N2O7+. The zero-order valence-corrected chi connectivity index (χ0v) is 21.0. The zero-order chi connectivity index (χ0) is 26.5. The summed E-state index contributed by atoms with van der Waals surface area (Å²) >= 11 is 0. The van der Waals surface area contributed by atoms with Crippen molar-refractivity contribution in [3.63, 3.8) is 0 Å². The van der Waals surface area contributed by atoms with Gasteiger partial charge in [0, 0.05) is 12.1 Å². The maximum atomic E-state index is 13.3. The van der Waals surface area contributed by atoms with Crippen LogP contribution in [0.1, 0.15) is 21.6 Å². The molecule has 3 aromatic carbocycles. The number of carbonyl (C=O) groups is 1. The third-order valence-corrected chi connectivity index (χ3v) is 6.18. The molecule has 0 saturated heterocycles. The number of ketones is 1. The van der Waals surface area contributed by atoms with Gasteiger partial charge in [0.25, 0.3) is 5.69 Å². The van der Waals surface area contributed by atoms with Crippen LogP contribution in [-0.4, -0.2) is 39.1 Å². The average Bonchev–Trinajstić information content (AvgIpc) is 2.93. The Morgan fingerprint density at radius 3 is 2.16 bits per heavy atom. The number of Topliss-reactive ketones (excluding diaryl/α,β-unsaturated/α-hetero) is 1. The Labute approximate surface area is 213 Å². The smallest absolute Gasteiger partial charge is 0.280 e. The number of nitro benzene ring substituents is 1. The van der Waals surface area contributed by atoms with Crippen LogP contribution in [0.2, 0.25) is 0 Å². The first-order chi connectivity index (χ1) is 17.9. The van der Waals surface area contributed by atoms with E-state index in [1.54, 1.807) is 46.8 Å². The van der Waals surface area contributed by atoms with Crippen molar-refractivity contribution in [2.45, 2.75) is 13.0 Å². The number of methoxy groups -OCH3 is 4. The molecule has 0 N–H and O–H groups in total. The Balaban J connectivity index is 1.85. The summed E-state index contributed by atoms with van der Waals surface area (Å²) in [6.07, 6.45) is 2.24. The van der Waals surface area contributed by atoms with Crippen LogP contribution in [0.4, 0.5) is 5.69 Å². The molecule has 1 heterocycles. The highest BCUT2D eigenvalue weighted by Gasteiger charge is 2.26. The second-order valence-corrected chi connectivity index (χ2v) is 8.25. The van der Waals surface area contributed by atoms with Crippen LogP contribution in [0.3, 0.4) is 0 Å². The van der Waals surface area contributed by atoms with Crippen LogP contribution >= 0.6 is 0 Å². The SMILES string of the molecule is COc1ccc(Cc2c3cc(OC)c(OC)cc3cc[n+]2CC(=O)c2ccccc2[N+](=O)[O-])cc1OC. The van der Waals surface area contributed by atoms with Crippen molar-refractivity contribution in [1.29, 1.82) is 0 Å². The van der Waals surface area contributed by atoms with E-state index in [1.165, 1.54) is 12.1 Å². The number of para-hydroxylation sites is 1. The molecule has 4 aromatic rings. The molecule has 4 rings (SSSR count). The number of fused-ring (bicyclic) bond motifs is 1. The first-order valence-electron chi connectivity index (χ1n) is 11.4. The summed E-state index contributed by atoms with van der Waals surface area (Å²) in [7, 11) is 6.28. The summed E-state index contributed by atoms with van der Waals surface area (Å²) in [5.74, 6) is 1.95. The highest BCUT2D eigenvalue weighted by atomic mass is 16.6. The van der Waals surface area contributed by atoms with E-state index in [4.69, 9.17) is 18.9 Å². The van der Waals surface area contributed by atoms with Gasteiger partial charge in [0.15, 0.2) is 34.9 Å². The Kier molecular flexibility index (Phi) is 7.52. The van der Waals surface area contributed by atoms with Gasteiger partial charge in [-0.2, -0.15) is 4.57 Å². The van der Waals surface area contributed by atoms with Crippen molar-refractivity contribution in [2.75, 3.05) is 28.4 Å². The summed E-state index contributed by atoms with van der Waals surface area (Å²) in [5, 5.41) is 13.2. The normalized spacial score (nSPS) is 10.7. The third kappa shape index (κ3) is 5.16. The van der Waals surface area contributed by atoms with Gasteiger partial charge >= 0.3 is 0 Å². The summed E-state index contributed by atoms with van der Waals surface area (Å²) in [4.78, 5) is 24.2. The summed E-state index contributed by atoms with van der Waals surface area (Å²) in [5.41, 5.74) is 1.58. The van der Waals surface area contributed by atoms with Gasteiger partial charge in [-0.15, -0.1) is 0 Å². The molecule has 0 fully saturated rings. The average molecular weight is 504 g/mol. The molecule has 9 nitrogen and oxygen atoms in total. The molecule has 0 saturated carbocycles. The number of pyridine rings is 1. The van der Waals surface area contributed by atoms with Crippen molar-refractivity contribution in [3.8, 4) is 23.0 Å². The van der Waals surface area contributed by atoms with Crippen molar-refractivity contribution in [2.24, 2.45) is 0 Å². The molecule has 190 valence electrons. The van der Waals surface area contributed by atoms with Crippen molar-refractivity contribution < 1.29 is 33.2 Å². The molecular weight excluding hydrogens is 476 g/mol. The van der Waals surface area contributed by atoms with E-state index < -0.39 is 4.92 Å². The fourth-order valence-corrected chi connectivity index (χ4v) is 4.33. The second-order valence-electron chi connectivity index (χ2n) is 8.25. The molecule has 0 bridgehead atoms. The van der Waals surface area contributed by atoms with Crippen molar-refractivity contribution in [3.05, 3.63) is 93.8 Å². The van der Waals surface area contributed by atoms with Crippen LogP contribution in [0.5, 0.6) is 23.0 Å². The lowest BCUT2D eigenvalue weighted by Crippen LogP contribution is -2.42. The van der Waals surface area contributed by atoms with Gasteiger partial charge in [-0.1, -0.05) is 18.2 Å². The fourth-order valence-electron chi connectivity index (χ4n) is 4.33. The van der Waals surface area contributed by atoms with Crippen LogP contribution in [0.15, 0.2) is 66.9 Å². The first-order valence-corrected chi connectivity index (χ1v) is 11.4. The number of benzene rings is 3. The molecule has 0 aliphatic rings. The van der Waals surface area contributed by atoms with E-state index in [9.17, 15) is 14.9 Å². The summed E-state index contributed by atoms with van der Waals surface area (Å²) in [6.45, 7) is -0.0856. The lowest BCUT2D eigenvalue weighted by Gasteiger charge is -2.13. The lowest BCUT2D eigenvalue weighted by atomic mass is 10.0. The van der Waals surface area contributed by atoms with E-state index in [2.05, 4.69) is 0 Å². The first kappa shape index (κ1) is 25.4. The lowest BCUT2D eigenvalue weighted by molar-refractivity contribution is -0.688. The van der Waals surface area contributed by atoms with Crippen molar-refractivity contribution >= 4 is 22.2 Å². The zero-order valence-electron chi connectivity index (χ0n) is 21.0. The quantitative estimate of drug-likeness (QED) is 0.135. The van der Waals surface area contributed by atoms with Gasteiger partial charge in [0.1, 0.15) is 5.56 Å². The largest absolute Gasteiger partial charge is 0.493 e. The number of nitrogens with zero attached hydrogens (tertiary/aromatic N) is 2. The molecule has 0 atom stereocenters. The van der Waals surface area contributed by atoms with Gasteiger partial charge in [0.2, 0.25) is 12.3 Å². The minimum absolute atomic E-state index is 0.0597. The molecule has 0 radical (unpaired) electrons. The molecule has 37 heavy (non-hydrogen) atoms. The molecule has 0 unspecified atom stereocenters. The summed E-state index contributed by atoms with van der Waals surface area (Å²) < 4.78 is 23.6. The van der Waals surface area contributed by atoms with Crippen LogP contribution in [0, 0.1) is 10.1 Å². The van der Waals surface area contributed by atoms with E-state index in [0.29, 0.717) is 29.4 Å². The highest BCUT2D eigenvalue weighted by molar-refractivity contribution is 5.99. The van der Waals surface area contributed by atoms with Gasteiger partial charge in [0.05, 0.1) is 45.2 Å². The minimum atomic E-state index is -0.542. The number of hydrogen-bond donors (Lipinski definition) is 0. The van der Waals surface area contributed by atoms with E-state index >= 15 is 0 Å². The number of hydrogen-bond acceptors (Lipinski definition) is 7. The maximum Gasteiger partial charge on any atom is 0.280 e. The molecule has 0 aliphatic carbocycles. The topological polar surface area (TPSA) is 101 Å². The van der Waals surface area contributed by atoms with Gasteiger partial charge < -0.3 is 18.9 Å². The molecule has 0 spiro atoms. The Hall–Kier alpha value is -4.66. The minimum Gasteiger partial charge on any atom is -0.493 e. The highest BCUT2D eigenvalue weighted by Crippen LogP contribution is 2.34. The Morgan fingerprint density at radius 1 is 0.838 bits per heavy atom. The maximum absolute atomic E-state index is 13.3. The molecule has 0 aliphatic heterocycles. The fraction of sp³-hybridized carbons (Fsp3) is 0.214. The number of ether oxygens (including phenoxy) is 4. The van der Waals surface area contributed by atoms with Crippen LogP contribution in [-0.2, 0) is 13.0 Å². The Bertz CT molecular complexity index is 1480. The number of nitro groups is 1. The predicted molar refractivity (Wildman–Crippen MR) is 137 cm³/mol. The van der Waals surface area contributed by atoms with Crippen molar-refractivity contribution in [1.82, 2.24) is 0 Å².